The summed E-state index contributed by atoms with van der Waals surface area (Å²) in [5.74, 6) is 2.17. The van der Waals surface area contributed by atoms with E-state index in [1.165, 1.54) is 0 Å². The molecule has 5 aliphatic rings. The second kappa shape index (κ2) is 12.0. The molecule has 0 saturated heterocycles. The molecule has 0 aromatic rings. The smallest absolute Gasteiger partial charge is 0.726 e. The van der Waals surface area contributed by atoms with Crippen LogP contribution in [0.4, 0.5) is 0 Å². The molecule has 12 heteroatoms. The third-order valence-corrected chi connectivity index (χ3v) is 15.2. The standard InChI is InChI=1S/C30H52O8S2.2Na/c1-18(2)19-11-14-28(6)24(38-40(34,35)36)17-30(8)20(25(19)28)9-10-22-27(5)15-13-23(37-39(31,32)33)26(3,4)21(27)12-16-29(22,30)7;;/h18-25H,9-17H2,1-8H3,(H,31,32,33)(H,34,35,36);;/q;2*+1/p-2/t19-,20+,21-,22+,23-,24-,25+,27-,28+,29+,30+;;/m0../s1. The van der Waals surface area contributed by atoms with Crippen molar-refractivity contribution in [2.75, 3.05) is 0 Å². The molecule has 232 valence electrons. The van der Waals surface area contributed by atoms with Crippen LogP contribution in [0.2, 0.25) is 0 Å². The van der Waals surface area contributed by atoms with E-state index >= 15 is 0 Å². The van der Waals surface area contributed by atoms with Crippen molar-refractivity contribution in [1.29, 1.82) is 0 Å². The van der Waals surface area contributed by atoms with E-state index in [0.29, 0.717) is 42.4 Å². The van der Waals surface area contributed by atoms with Crippen LogP contribution in [0.3, 0.4) is 0 Å². The van der Waals surface area contributed by atoms with Gasteiger partial charge in [0.25, 0.3) is 0 Å². The molecule has 8 nitrogen and oxygen atoms in total. The van der Waals surface area contributed by atoms with Gasteiger partial charge in [0.1, 0.15) is 0 Å². The van der Waals surface area contributed by atoms with Gasteiger partial charge >= 0.3 is 59.1 Å². The first kappa shape index (κ1) is 38.2. The molecule has 0 radical (unpaired) electrons. The zero-order valence-corrected chi connectivity index (χ0v) is 33.2. The number of rotatable bonds is 5. The van der Waals surface area contributed by atoms with Gasteiger partial charge in [-0.15, -0.1) is 0 Å². The maximum absolute atomic E-state index is 12.1. The summed E-state index contributed by atoms with van der Waals surface area (Å²) in [6, 6.07) is 0. The maximum atomic E-state index is 12.1. The van der Waals surface area contributed by atoms with E-state index in [-0.39, 0.29) is 86.7 Å². The van der Waals surface area contributed by atoms with Crippen molar-refractivity contribution in [3.05, 3.63) is 0 Å². The molecule has 0 spiro atoms. The average molecular weight is 649 g/mol. The third kappa shape index (κ3) is 5.86. The fourth-order valence-corrected chi connectivity index (χ4v) is 13.5. The number of hydrogen-bond donors (Lipinski definition) is 0. The molecule has 5 fully saturated rings. The van der Waals surface area contributed by atoms with E-state index in [0.717, 1.165) is 44.9 Å². The zero-order chi connectivity index (χ0) is 29.9. The molecule has 0 aromatic carbocycles. The third-order valence-electron chi connectivity index (χ3n) is 14.2. The summed E-state index contributed by atoms with van der Waals surface area (Å²) < 4.78 is 81.5. The van der Waals surface area contributed by atoms with Crippen molar-refractivity contribution in [3.8, 4) is 0 Å². The summed E-state index contributed by atoms with van der Waals surface area (Å²) in [5.41, 5.74) is -1.22. The van der Waals surface area contributed by atoms with Crippen LogP contribution in [0, 0.1) is 62.6 Å². The first-order valence-electron chi connectivity index (χ1n) is 15.4. The maximum Gasteiger partial charge on any atom is 1.00 e. The Hall–Kier alpha value is 1.74. The van der Waals surface area contributed by atoms with Gasteiger partial charge in [0.2, 0.25) is 20.8 Å². The molecule has 0 heterocycles. The second-order valence-corrected chi connectivity index (χ2v) is 18.2. The van der Waals surface area contributed by atoms with E-state index in [2.05, 4.69) is 55.4 Å². The van der Waals surface area contributed by atoms with Crippen LogP contribution in [-0.4, -0.2) is 38.1 Å². The summed E-state index contributed by atoms with van der Waals surface area (Å²) in [7, 11) is -9.66. The van der Waals surface area contributed by atoms with E-state index in [4.69, 9.17) is 8.37 Å². The van der Waals surface area contributed by atoms with Crippen molar-refractivity contribution in [1.82, 2.24) is 0 Å². The van der Waals surface area contributed by atoms with Gasteiger partial charge in [-0.3, -0.25) is 8.37 Å². The van der Waals surface area contributed by atoms with E-state index in [1.807, 2.05) is 0 Å². The van der Waals surface area contributed by atoms with Gasteiger partial charge < -0.3 is 9.11 Å². The number of hydrogen-bond acceptors (Lipinski definition) is 8. The van der Waals surface area contributed by atoms with Crippen molar-refractivity contribution in [2.24, 2.45) is 62.6 Å². The minimum absolute atomic E-state index is 0. The molecule has 11 atom stereocenters. The molecular weight excluding hydrogens is 598 g/mol. The van der Waals surface area contributed by atoms with E-state index < -0.39 is 38.4 Å². The molecule has 0 aromatic heterocycles. The predicted octanol–water partition coefficient (Wildman–Crippen LogP) is 0.0525. The topological polar surface area (TPSA) is 133 Å². The van der Waals surface area contributed by atoms with Crippen LogP contribution in [-0.2, 0) is 29.2 Å². The van der Waals surface area contributed by atoms with Crippen LogP contribution in [0.1, 0.15) is 113 Å². The van der Waals surface area contributed by atoms with Gasteiger partial charge in [-0.2, -0.15) is 0 Å². The number of fused-ring (bicyclic) bond motifs is 7. The quantitative estimate of drug-likeness (QED) is 0.232. The molecule has 0 unspecified atom stereocenters. The predicted molar refractivity (Wildman–Crippen MR) is 149 cm³/mol. The van der Waals surface area contributed by atoms with Crippen LogP contribution in [0.5, 0.6) is 0 Å². The van der Waals surface area contributed by atoms with Crippen LogP contribution in [0.15, 0.2) is 0 Å². The van der Waals surface area contributed by atoms with Crippen LogP contribution in [0.25, 0.3) is 0 Å². The van der Waals surface area contributed by atoms with Crippen molar-refractivity contribution in [2.45, 2.75) is 125 Å². The fourth-order valence-electron chi connectivity index (χ4n) is 12.3. The Morgan fingerprint density at radius 3 is 1.76 bits per heavy atom. The summed E-state index contributed by atoms with van der Waals surface area (Å²) in [5, 5.41) is 0. The van der Waals surface area contributed by atoms with Crippen LogP contribution >= 0.6 is 0 Å². The van der Waals surface area contributed by atoms with Gasteiger partial charge in [-0.25, -0.2) is 16.8 Å². The normalized spacial score (nSPS) is 48.1. The van der Waals surface area contributed by atoms with Gasteiger partial charge in [0.15, 0.2) is 0 Å². The molecular formula is C30H50Na2O8S2. The zero-order valence-electron chi connectivity index (χ0n) is 27.6. The molecule has 42 heavy (non-hydrogen) atoms. The van der Waals surface area contributed by atoms with Crippen LogP contribution < -0.4 is 59.1 Å². The largest absolute Gasteiger partial charge is 1.00 e. The van der Waals surface area contributed by atoms with E-state index in [9.17, 15) is 25.9 Å². The summed E-state index contributed by atoms with van der Waals surface area (Å²) in [6.45, 7) is 18.0. The monoisotopic (exact) mass is 648 g/mol. The minimum Gasteiger partial charge on any atom is -0.726 e. The molecule has 5 rings (SSSR count). The molecule has 0 bridgehead atoms. The Kier molecular flexibility index (Phi) is 10.9. The molecule has 0 N–H and O–H groups in total. The van der Waals surface area contributed by atoms with Gasteiger partial charge in [0.05, 0.1) is 12.2 Å². The van der Waals surface area contributed by atoms with Crippen molar-refractivity contribution in [3.63, 3.8) is 0 Å². The summed E-state index contributed by atoms with van der Waals surface area (Å²) in [6.07, 6.45) is 6.47. The van der Waals surface area contributed by atoms with Gasteiger partial charge in [0, 0.05) is 0 Å². The molecule has 0 aliphatic heterocycles. The van der Waals surface area contributed by atoms with Gasteiger partial charge in [-0.1, -0.05) is 55.4 Å². The Morgan fingerprint density at radius 2 is 1.21 bits per heavy atom. The second-order valence-electron chi connectivity index (χ2n) is 16.2. The molecule has 0 amide bonds. The Labute approximate surface area is 299 Å². The van der Waals surface area contributed by atoms with E-state index in [1.54, 1.807) is 0 Å². The average Bonchev–Trinajstić information content (AvgIpc) is 3.14. The van der Waals surface area contributed by atoms with Crippen molar-refractivity contribution >= 4 is 20.8 Å². The molecule has 5 saturated carbocycles. The first-order chi connectivity index (χ1) is 18.1. The SMILES string of the molecule is CC(C)[C@@H]1CC[C@@]2(C)[C@H]1[C@H]1CC[C@@H]3[C@@]4(C)CC[C@H](OS(=O)(=O)[O-])C(C)(C)[C@@H]4CC[C@@]3(C)[C@]1(C)C[C@@H]2OS(=O)(=O)[O-].[Na+].[Na+]. The summed E-state index contributed by atoms with van der Waals surface area (Å²) in [4.78, 5) is 0. The van der Waals surface area contributed by atoms with Gasteiger partial charge in [-0.05, 0) is 120 Å². The Bertz CT molecular complexity index is 1240. The Morgan fingerprint density at radius 1 is 0.667 bits per heavy atom. The minimum atomic E-state index is -4.86. The summed E-state index contributed by atoms with van der Waals surface area (Å²) >= 11 is 0. The first-order valence-corrected chi connectivity index (χ1v) is 18.0. The molecule has 5 aliphatic carbocycles. The Balaban J connectivity index is 0.00000242. The fraction of sp³-hybridized carbons (Fsp3) is 1.00. The van der Waals surface area contributed by atoms with Crippen molar-refractivity contribution < 1.29 is 93.4 Å².